The molecule has 0 amide bonds. The first-order valence-corrected chi connectivity index (χ1v) is 6.47. The fourth-order valence-electron chi connectivity index (χ4n) is 3.06. The lowest BCUT2D eigenvalue weighted by molar-refractivity contribution is -0.125. The quantitative estimate of drug-likeness (QED) is 0.595. The molecule has 3 unspecified atom stereocenters. The fraction of sp³-hybridized carbons (Fsp3) is 0.643. The Bertz CT molecular complexity index is 490. The summed E-state index contributed by atoms with van der Waals surface area (Å²) >= 11 is 0. The molecule has 0 bridgehead atoms. The minimum Gasteiger partial charge on any atom is -0.299 e. The van der Waals surface area contributed by atoms with Gasteiger partial charge in [0, 0.05) is 19.7 Å². The highest BCUT2D eigenvalue weighted by Crippen LogP contribution is 2.33. The minimum absolute atomic E-state index is 0.0509. The van der Waals surface area contributed by atoms with E-state index in [2.05, 4.69) is 12.0 Å². The van der Waals surface area contributed by atoms with Gasteiger partial charge in [-0.25, -0.2) is 0 Å². The third kappa shape index (κ3) is 2.24. The monoisotopic (exact) mass is 248 g/mol. The van der Waals surface area contributed by atoms with Crippen LogP contribution < -0.4 is 0 Å². The zero-order valence-electron chi connectivity index (χ0n) is 11.4. The van der Waals surface area contributed by atoms with Crippen LogP contribution in [0.15, 0.2) is 6.20 Å². The van der Waals surface area contributed by atoms with E-state index in [0.717, 1.165) is 6.42 Å². The average molecular weight is 248 g/mol. The van der Waals surface area contributed by atoms with E-state index in [1.165, 1.54) is 0 Å². The Balaban J connectivity index is 2.28. The average Bonchev–Trinajstić information content (AvgIpc) is 2.56. The van der Waals surface area contributed by atoms with Gasteiger partial charge in [0.05, 0.1) is 17.2 Å². The Hall–Kier alpha value is -1.45. The summed E-state index contributed by atoms with van der Waals surface area (Å²) in [4.78, 5) is 24.6. The molecule has 1 heterocycles. The molecular weight excluding hydrogens is 228 g/mol. The summed E-state index contributed by atoms with van der Waals surface area (Å²) in [6.07, 6.45) is 3.19. The molecule has 3 atom stereocenters. The van der Waals surface area contributed by atoms with Crippen LogP contribution in [0.1, 0.15) is 42.7 Å². The van der Waals surface area contributed by atoms with Crippen LogP contribution in [-0.4, -0.2) is 21.3 Å². The van der Waals surface area contributed by atoms with Gasteiger partial charge in [-0.2, -0.15) is 5.10 Å². The number of aryl methyl sites for hydroxylation is 2. The Morgan fingerprint density at radius 1 is 1.44 bits per heavy atom. The maximum Gasteiger partial charge on any atom is 0.177 e. The van der Waals surface area contributed by atoms with Gasteiger partial charge in [0.15, 0.2) is 5.78 Å². The smallest absolute Gasteiger partial charge is 0.177 e. The topological polar surface area (TPSA) is 52.0 Å². The number of ketones is 2. The highest BCUT2D eigenvalue weighted by atomic mass is 16.2. The largest absolute Gasteiger partial charge is 0.299 e. The van der Waals surface area contributed by atoms with Gasteiger partial charge in [0.2, 0.25) is 0 Å². The van der Waals surface area contributed by atoms with Crippen molar-refractivity contribution in [3.05, 3.63) is 17.5 Å². The molecule has 1 fully saturated rings. The van der Waals surface area contributed by atoms with Crippen molar-refractivity contribution in [1.29, 1.82) is 0 Å². The summed E-state index contributed by atoms with van der Waals surface area (Å²) in [5, 5.41) is 4.18. The molecule has 1 aromatic heterocycles. The normalized spacial score (nSPS) is 28.4. The van der Waals surface area contributed by atoms with Crippen LogP contribution in [-0.2, 0) is 11.8 Å². The Labute approximate surface area is 107 Å². The number of hydrogen-bond acceptors (Lipinski definition) is 3. The molecule has 2 rings (SSSR count). The van der Waals surface area contributed by atoms with E-state index in [9.17, 15) is 9.59 Å². The molecule has 4 nitrogen and oxygen atoms in total. The van der Waals surface area contributed by atoms with Gasteiger partial charge >= 0.3 is 0 Å². The Morgan fingerprint density at radius 3 is 2.61 bits per heavy atom. The molecule has 0 spiro atoms. The predicted octanol–water partition coefficient (Wildman–Crippen LogP) is 2.16. The van der Waals surface area contributed by atoms with Crippen LogP contribution in [0, 0.1) is 24.7 Å². The molecule has 1 aliphatic rings. The summed E-state index contributed by atoms with van der Waals surface area (Å²) < 4.78 is 1.63. The van der Waals surface area contributed by atoms with E-state index >= 15 is 0 Å². The molecule has 0 aliphatic heterocycles. The second-order valence-electron chi connectivity index (χ2n) is 5.63. The van der Waals surface area contributed by atoms with Crippen LogP contribution in [0.2, 0.25) is 0 Å². The highest BCUT2D eigenvalue weighted by Gasteiger charge is 2.38. The van der Waals surface area contributed by atoms with Gasteiger partial charge in [0.25, 0.3) is 0 Å². The fourth-order valence-corrected chi connectivity index (χ4v) is 3.06. The van der Waals surface area contributed by atoms with Crippen LogP contribution in [0.25, 0.3) is 0 Å². The van der Waals surface area contributed by atoms with Gasteiger partial charge in [-0.05, 0) is 25.2 Å². The molecule has 0 saturated heterocycles. The Morgan fingerprint density at radius 2 is 2.11 bits per heavy atom. The van der Waals surface area contributed by atoms with Crippen molar-refractivity contribution in [2.75, 3.05) is 0 Å². The van der Waals surface area contributed by atoms with Gasteiger partial charge in [-0.3, -0.25) is 14.3 Å². The molecule has 0 N–H and O–H groups in total. The third-order valence-electron chi connectivity index (χ3n) is 3.80. The number of carbonyl (C=O) groups excluding carboxylic acids is 2. The molecule has 98 valence electrons. The van der Waals surface area contributed by atoms with Crippen molar-refractivity contribution in [2.24, 2.45) is 24.8 Å². The number of nitrogens with zero attached hydrogens (tertiary/aromatic N) is 2. The summed E-state index contributed by atoms with van der Waals surface area (Å²) in [5.41, 5.74) is 1.30. The van der Waals surface area contributed by atoms with Crippen molar-refractivity contribution < 1.29 is 9.59 Å². The van der Waals surface area contributed by atoms with E-state index in [0.29, 0.717) is 23.6 Å². The predicted molar refractivity (Wildman–Crippen MR) is 68.3 cm³/mol. The van der Waals surface area contributed by atoms with Crippen LogP contribution in [0.5, 0.6) is 0 Å². The van der Waals surface area contributed by atoms with Gasteiger partial charge in [-0.15, -0.1) is 0 Å². The first-order valence-electron chi connectivity index (χ1n) is 6.47. The van der Waals surface area contributed by atoms with Gasteiger partial charge < -0.3 is 0 Å². The molecule has 1 aromatic rings. The lowest BCUT2D eigenvalue weighted by Gasteiger charge is -2.30. The molecule has 1 aliphatic carbocycles. The molecular formula is C14H20N2O2. The first kappa shape index (κ1) is 13.0. The molecule has 1 saturated carbocycles. The standard InChI is InChI=1S/C14H20N2O2/c1-8-5-9(2)13(12(17)6-8)14(18)11-7-16(4)15-10(11)3/h7-9,13H,5-6H2,1-4H3. The highest BCUT2D eigenvalue weighted by molar-refractivity contribution is 6.11. The van der Waals surface area contributed by atoms with Crippen molar-refractivity contribution >= 4 is 11.6 Å². The maximum absolute atomic E-state index is 12.5. The first-order chi connectivity index (χ1) is 8.40. The van der Waals surface area contributed by atoms with Crippen LogP contribution in [0.4, 0.5) is 0 Å². The number of rotatable bonds is 2. The number of Topliss-reactive ketones (excluding diaryl/α,β-unsaturated/α-hetero) is 2. The second kappa shape index (κ2) is 4.67. The van der Waals surface area contributed by atoms with Crippen LogP contribution in [0.3, 0.4) is 0 Å². The van der Waals surface area contributed by atoms with Crippen LogP contribution >= 0.6 is 0 Å². The van der Waals surface area contributed by atoms with E-state index in [-0.39, 0.29) is 17.5 Å². The summed E-state index contributed by atoms with van der Waals surface area (Å²) in [7, 11) is 1.79. The molecule has 18 heavy (non-hydrogen) atoms. The summed E-state index contributed by atoms with van der Waals surface area (Å²) in [6.45, 7) is 5.89. The minimum atomic E-state index is -0.468. The number of hydrogen-bond donors (Lipinski definition) is 0. The zero-order valence-corrected chi connectivity index (χ0v) is 11.4. The Kier molecular flexibility index (Phi) is 3.37. The molecule has 4 heteroatoms. The summed E-state index contributed by atoms with van der Waals surface area (Å²) in [5.74, 6) is 0.100. The van der Waals surface area contributed by atoms with Crippen molar-refractivity contribution in [2.45, 2.75) is 33.6 Å². The molecule has 0 aromatic carbocycles. The number of carbonyl (C=O) groups is 2. The van der Waals surface area contributed by atoms with E-state index in [4.69, 9.17) is 0 Å². The third-order valence-corrected chi connectivity index (χ3v) is 3.80. The van der Waals surface area contributed by atoms with Gasteiger partial charge in [-0.1, -0.05) is 13.8 Å². The SMILES string of the molecule is Cc1nn(C)cc1C(=O)C1C(=O)CC(C)CC1C. The maximum atomic E-state index is 12.5. The summed E-state index contributed by atoms with van der Waals surface area (Å²) in [6, 6.07) is 0. The van der Waals surface area contributed by atoms with Gasteiger partial charge in [0.1, 0.15) is 5.78 Å². The second-order valence-corrected chi connectivity index (χ2v) is 5.63. The van der Waals surface area contributed by atoms with Crippen molar-refractivity contribution in [3.63, 3.8) is 0 Å². The lowest BCUT2D eigenvalue weighted by atomic mass is 9.72. The van der Waals surface area contributed by atoms with E-state index in [1.54, 1.807) is 17.9 Å². The van der Waals surface area contributed by atoms with E-state index < -0.39 is 5.92 Å². The van der Waals surface area contributed by atoms with Crippen molar-refractivity contribution in [3.8, 4) is 0 Å². The lowest BCUT2D eigenvalue weighted by Crippen LogP contribution is -2.36. The molecule has 0 radical (unpaired) electrons. The number of aromatic nitrogens is 2. The van der Waals surface area contributed by atoms with Crippen molar-refractivity contribution in [1.82, 2.24) is 9.78 Å². The van der Waals surface area contributed by atoms with E-state index in [1.807, 2.05) is 13.8 Å². The zero-order chi connectivity index (χ0) is 13.4.